The normalized spacial score (nSPS) is 21.0. The molecule has 24 heavy (non-hydrogen) atoms. The van der Waals surface area contributed by atoms with Crippen molar-refractivity contribution in [2.75, 3.05) is 24.5 Å². The predicted octanol–water partition coefficient (Wildman–Crippen LogP) is 2.82. The number of carbonyl (C=O) groups is 1. The zero-order valence-corrected chi connectivity index (χ0v) is 15.7. The fourth-order valence-electron chi connectivity index (χ4n) is 3.27. The SMILES string of the molecule is CC(C)C[C@H](C(=O)N1CCN(c2ccc(Cl)cn2)C[C@H]1C)[C@H](C)O. The van der Waals surface area contributed by atoms with Gasteiger partial charge in [0, 0.05) is 31.9 Å². The molecule has 6 heteroatoms. The van der Waals surface area contributed by atoms with Crippen LogP contribution >= 0.6 is 11.6 Å². The van der Waals surface area contributed by atoms with Gasteiger partial charge in [0.25, 0.3) is 0 Å². The molecule has 0 aromatic carbocycles. The Bertz CT molecular complexity index is 548. The molecule has 1 aromatic rings. The molecule has 0 aliphatic carbocycles. The van der Waals surface area contributed by atoms with E-state index in [9.17, 15) is 9.90 Å². The molecular formula is C18H28ClN3O2. The van der Waals surface area contributed by atoms with E-state index >= 15 is 0 Å². The number of nitrogens with zero attached hydrogens (tertiary/aromatic N) is 3. The number of carbonyl (C=O) groups excluding carboxylic acids is 1. The van der Waals surface area contributed by atoms with Gasteiger partial charge in [-0.05, 0) is 38.3 Å². The summed E-state index contributed by atoms with van der Waals surface area (Å²) in [7, 11) is 0. The Balaban J connectivity index is 2.04. The van der Waals surface area contributed by atoms with Gasteiger partial charge in [-0.15, -0.1) is 0 Å². The second-order valence-electron chi connectivity index (χ2n) is 7.14. The molecule has 3 atom stereocenters. The fraction of sp³-hybridized carbons (Fsp3) is 0.667. The number of anilines is 1. The highest BCUT2D eigenvalue weighted by molar-refractivity contribution is 6.30. The number of hydrogen-bond acceptors (Lipinski definition) is 4. The van der Waals surface area contributed by atoms with Crippen molar-refractivity contribution in [2.24, 2.45) is 11.8 Å². The van der Waals surface area contributed by atoms with E-state index in [1.165, 1.54) is 0 Å². The maximum atomic E-state index is 12.9. The van der Waals surface area contributed by atoms with Gasteiger partial charge in [-0.2, -0.15) is 0 Å². The van der Waals surface area contributed by atoms with E-state index in [4.69, 9.17) is 11.6 Å². The van der Waals surface area contributed by atoms with Crippen molar-refractivity contribution in [3.8, 4) is 0 Å². The van der Waals surface area contributed by atoms with Gasteiger partial charge >= 0.3 is 0 Å². The summed E-state index contributed by atoms with van der Waals surface area (Å²) < 4.78 is 0. The first-order chi connectivity index (χ1) is 11.3. The summed E-state index contributed by atoms with van der Waals surface area (Å²) >= 11 is 5.89. The highest BCUT2D eigenvalue weighted by Crippen LogP contribution is 2.23. The summed E-state index contributed by atoms with van der Waals surface area (Å²) in [6.45, 7) is 10.0. The van der Waals surface area contributed by atoms with Crippen LogP contribution in [0.15, 0.2) is 18.3 Å². The predicted molar refractivity (Wildman–Crippen MR) is 97.3 cm³/mol. The third-order valence-electron chi connectivity index (χ3n) is 4.57. The number of pyridine rings is 1. The number of rotatable bonds is 5. The first kappa shape index (κ1) is 19.0. The lowest BCUT2D eigenvalue weighted by Gasteiger charge is -2.42. The van der Waals surface area contributed by atoms with Gasteiger partial charge in [0.05, 0.1) is 17.0 Å². The molecule has 0 spiro atoms. The number of aliphatic hydroxyl groups is 1. The van der Waals surface area contributed by atoms with Crippen LogP contribution in [0.4, 0.5) is 5.82 Å². The minimum absolute atomic E-state index is 0.0647. The Hall–Kier alpha value is -1.33. The summed E-state index contributed by atoms with van der Waals surface area (Å²) in [5.74, 6) is 0.999. The van der Waals surface area contributed by atoms with Crippen molar-refractivity contribution < 1.29 is 9.90 Å². The molecule has 2 heterocycles. The molecule has 1 fully saturated rings. The van der Waals surface area contributed by atoms with Crippen LogP contribution in [-0.4, -0.2) is 52.7 Å². The van der Waals surface area contributed by atoms with E-state index in [0.717, 1.165) is 18.9 Å². The van der Waals surface area contributed by atoms with Crippen LogP contribution in [0.2, 0.25) is 5.02 Å². The van der Waals surface area contributed by atoms with Gasteiger partial charge in [0.1, 0.15) is 5.82 Å². The molecule has 0 bridgehead atoms. The molecule has 0 unspecified atom stereocenters. The van der Waals surface area contributed by atoms with E-state index < -0.39 is 6.10 Å². The first-order valence-electron chi connectivity index (χ1n) is 8.64. The molecule has 1 saturated heterocycles. The third kappa shape index (κ3) is 4.61. The Morgan fingerprint density at radius 1 is 1.38 bits per heavy atom. The van der Waals surface area contributed by atoms with Crippen LogP contribution in [0.25, 0.3) is 0 Å². The number of amides is 1. The van der Waals surface area contributed by atoms with Crippen molar-refractivity contribution in [1.82, 2.24) is 9.88 Å². The largest absolute Gasteiger partial charge is 0.393 e. The third-order valence-corrected chi connectivity index (χ3v) is 4.79. The van der Waals surface area contributed by atoms with Gasteiger partial charge < -0.3 is 14.9 Å². The summed E-state index contributed by atoms with van der Waals surface area (Å²) in [6, 6.07) is 3.82. The smallest absolute Gasteiger partial charge is 0.228 e. The molecule has 5 nitrogen and oxygen atoms in total. The van der Waals surface area contributed by atoms with Gasteiger partial charge in [0.15, 0.2) is 0 Å². The van der Waals surface area contributed by atoms with Gasteiger partial charge in [-0.3, -0.25) is 4.79 Å². The average molecular weight is 354 g/mol. The average Bonchev–Trinajstić information content (AvgIpc) is 2.52. The standard InChI is InChI=1S/C18H28ClN3O2/c1-12(2)9-16(14(4)23)18(24)22-8-7-21(11-13(22)3)17-6-5-15(19)10-20-17/h5-6,10,12-14,16,23H,7-9,11H2,1-4H3/t13-,14+,16+/m1/s1. The summed E-state index contributed by atoms with van der Waals surface area (Å²) in [5, 5.41) is 10.6. The summed E-state index contributed by atoms with van der Waals surface area (Å²) in [5.41, 5.74) is 0. The first-order valence-corrected chi connectivity index (χ1v) is 9.02. The number of aromatic nitrogens is 1. The molecule has 1 aliphatic rings. The maximum absolute atomic E-state index is 12.9. The van der Waals surface area contributed by atoms with Crippen LogP contribution in [0.3, 0.4) is 0 Å². The number of aliphatic hydroxyl groups excluding tert-OH is 1. The van der Waals surface area contributed by atoms with Gasteiger partial charge in [0.2, 0.25) is 5.91 Å². The molecule has 1 aromatic heterocycles. The zero-order valence-electron chi connectivity index (χ0n) is 14.9. The van der Waals surface area contributed by atoms with Crippen molar-refractivity contribution in [2.45, 2.75) is 46.3 Å². The highest BCUT2D eigenvalue weighted by atomic mass is 35.5. The van der Waals surface area contributed by atoms with E-state index in [0.29, 0.717) is 23.9 Å². The fourth-order valence-corrected chi connectivity index (χ4v) is 3.38. The number of hydrogen-bond donors (Lipinski definition) is 1. The van der Waals surface area contributed by atoms with Crippen LogP contribution in [0.1, 0.15) is 34.1 Å². The quantitative estimate of drug-likeness (QED) is 0.884. The molecule has 0 saturated carbocycles. The van der Waals surface area contributed by atoms with Crippen LogP contribution in [-0.2, 0) is 4.79 Å². The van der Waals surface area contributed by atoms with Crippen LogP contribution in [0, 0.1) is 11.8 Å². The van der Waals surface area contributed by atoms with Gasteiger partial charge in [-0.1, -0.05) is 25.4 Å². The van der Waals surface area contributed by atoms with Crippen LogP contribution in [0.5, 0.6) is 0 Å². The molecule has 0 radical (unpaired) electrons. The lowest BCUT2D eigenvalue weighted by Crippen LogP contribution is -2.56. The molecule has 1 amide bonds. The van der Waals surface area contributed by atoms with E-state index in [-0.39, 0.29) is 17.9 Å². The summed E-state index contributed by atoms with van der Waals surface area (Å²) in [6.07, 6.45) is 1.73. The number of piperazine rings is 1. The Morgan fingerprint density at radius 3 is 2.58 bits per heavy atom. The second-order valence-corrected chi connectivity index (χ2v) is 7.57. The lowest BCUT2D eigenvalue weighted by atomic mass is 9.91. The van der Waals surface area contributed by atoms with Gasteiger partial charge in [-0.25, -0.2) is 4.98 Å². The van der Waals surface area contributed by atoms with E-state index in [1.54, 1.807) is 13.1 Å². The molecule has 2 rings (SSSR count). The Kier molecular flexibility index (Phi) is 6.47. The van der Waals surface area contributed by atoms with E-state index in [1.807, 2.05) is 17.0 Å². The minimum Gasteiger partial charge on any atom is -0.393 e. The lowest BCUT2D eigenvalue weighted by molar-refractivity contribution is -0.142. The van der Waals surface area contributed by atoms with Crippen molar-refractivity contribution in [3.63, 3.8) is 0 Å². The molecular weight excluding hydrogens is 326 g/mol. The Labute approximate surface area is 149 Å². The Morgan fingerprint density at radius 2 is 2.08 bits per heavy atom. The van der Waals surface area contributed by atoms with Crippen molar-refractivity contribution in [3.05, 3.63) is 23.4 Å². The molecule has 1 aliphatic heterocycles. The summed E-state index contributed by atoms with van der Waals surface area (Å²) in [4.78, 5) is 21.3. The number of halogens is 1. The minimum atomic E-state index is -0.622. The monoisotopic (exact) mass is 353 g/mol. The second kappa shape index (κ2) is 8.17. The molecule has 134 valence electrons. The van der Waals surface area contributed by atoms with Crippen molar-refractivity contribution >= 4 is 23.3 Å². The van der Waals surface area contributed by atoms with Crippen molar-refractivity contribution in [1.29, 1.82) is 0 Å². The maximum Gasteiger partial charge on any atom is 0.228 e. The zero-order chi connectivity index (χ0) is 17.9. The van der Waals surface area contributed by atoms with Crippen LogP contribution < -0.4 is 4.90 Å². The van der Waals surface area contributed by atoms with E-state index in [2.05, 4.69) is 30.7 Å². The molecule has 1 N–H and O–H groups in total. The highest BCUT2D eigenvalue weighted by Gasteiger charge is 2.34. The topological polar surface area (TPSA) is 56.7 Å².